The molecule has 5 nitrogen and oxygen atoms in total. The average Bonchev–Trinajstić information content (AvgIpc) is 2.82. The number of ether oxygens (including phenoxy) is 1. The smallest absolute Gasteiger partial charge is 0.180 e. The van der Waals surface area contributed by atoms with Crippen LogP contribution in [0.4, 0.5) is 5.82 Å². The van der Waals surface area contributed by atoms with Crippen molar-refractivity contribution in [3.8, 4) is 5.75 Å². The second-order valence-electron chi connectivity index (χ2n) is 4.11. The number of hydrogen-bond donors (Lipinski definition) is 1. The zero-order valence-corrected chi connectivity index (χ0v) is 9.77. The van der Waals surface area contributed by atoms with Gasteiger partial charge in [0.2, 0.25) is 0 Å². The van der Waals surface area contributed by atoms with E-state index >= 15 is 0 Å². The predicted molar refractivity (Wildman–Crippen MR) is 65.6 cm³/mol. The molecule has 0 saturated carbocycles. The molecule has 0 aliphatic carbocycles. The Hall–Kier alpha value is -1.75. The Morgan fingerprint density at radius 1 is 1.35 bits per heavy atom. The molecule has 1 aliphatic heterocycles. The molecule has 0 radical (unpaired) electrons. The van der Waals surface area contributed by atoms with Crippen LogP contribution < -0.4 is 15.0 Å². The first-order chi connectivity index (χ1) is 8.38. The molecule has 1 fully saturated rings. The monoisotopic (exact) mass is 233 g/mol. The maximum Gasteiger partial charge on any atom is 0.180 e. The maximum absolute atomic E-state index is 5.33. The van der Waals surface area contributed by atoms with Gasteiger partial charge in [0.05, 0.1) is 12.5 Å². The van der Waals surface area contributed by atoms with Crippen LogP contribution in [0.25, 0.3) is 11.0 Å². The lowest BCUT2D eigenvalue weighted by atomic mass is 10.2. The Kier molecular flexibility index (Phi) is 2.60. The second-order valence-corrected chi connectivity index (χ2v) is 4.11. The van der Waals surface area contributed by atoms with Crippen LogP contribution in [0.2, 0.25) is 0 Å². The van der Waals surface area contributed by atoms with Crippen molar-refractivity contribution in [2.24, 2.45) is 0 Å². The summed E-state index contributed by atoms with van der Waals surface area (Å²) in [5.41, 5.74) is 0.805. The first kappa shape index (κ1) is 10.4. The van der Waals surface area contributed by atoms with Crippen molar-refractivity contribution in [2.45, 2.75) is 0 Å². The summed E-state index contributed by atoms with van der Waals surface area (Å²) in [6, 6.07) is 5.76. The first-order valence-electron chi connectivity index (χ1n) is 5.77. The summed E-state index contributed by atoms with van der Waals surface area (Å²) in [6.07, 6.45) is 0. The van der Waals surface area contributed by atoms with Gasteiger partial charge in [-0.1, -0.05) is 5.16 Å². The third-order valence-electron chi connectivity index (χ3n) is 3.07. The summed E-state index contributed by atoms with van der Waals surface area (Å²) in [5.74, 6) is 1.75. The number of nitrogens with zero attached hydrogens (tertiary/aromatic N) is 2. The van der Waals surface area contributed by atoms with Crippen molar-refractivity contribution in [1.82, 2.24) is 10.5 Å². The minimum Gasteiger partial charge on any atom is -0.497 e. The summed E-state index contributed by atoms with van der Waals surface area (Å²) in [5, 5.41) is 8.50. The highest BCUT2D eigenvalue weighted by Crippen LogP contribution is 2.29. The van der Waals surface area contributed by atoms with Gasteiger partial charge < -0.3 is 19.5 Å². The number of piperazine rings is 1. The minimum atomic E-state index is 0.805. The topological polar surface area (TPSA) is 50.5 Å². The maximum atomic E-state index is 5.33. The highest BCUT2D eigenvalue weighted by Gasteiger charge is 2.17. The van der Waals surface area contributed by atoms with Crippen molar-refractivity contribution >= 4 is 16.8 Å². The van der Waals surface area contributed by atoms with Crippen LogP contribution in [-0.2, 0) is 0 Å². The first-order valence-corrected chi connectivity index (χ1v) is 5.77. The van der Waals surface area contributed by atoms with Crippen molar-refractivity contribution < 1.29 is 9.26 Å². The van der Waals surface area contributed by atoms with E-state index in [-0.39, 0.29) is 0 Å². The zero-order valence-electron chi connectivity index (χ0n) is 9.77. The fourth-order valence-electron chi connectivity index (χ4n) is 2.14. The predicted octanol–water partition coefficient (Wildman–Crippen LogP) is 1.25. The number of nitrogens with one attached hydrogen (secondary N) is 1. The van der Waals surface area contributed by atoms with Gasteiger partial charge >= 0.3 is 0 Å². The van der Waals surface area contributed by atoms with Gasteiger partial charge in [0.25, 0.3) is 0 Å². The fourth-order valence-corrected chi connectivity index (χ4v) is 2.14. The highest BCUT2D eigenvalue weighted by atomic mass is 16.5. The Balaban J connectivity index is 2.02. The lowest BCUT2D eigenvalue weighted by Crippen LogP contribution is -2.43. The average molecular weight is 233 g/mol. The van der Waals surface area contributed by atoms with E-state index in [1.807, 2.05) is 18.2 Å². The number of anilines is 1. The standard InChI is InChI=1S/C12H15N3O2/c1-16-9-2-3-11-10(8-9)12(14-17-11)15-6-4-13-5-7-15/h2-3,8,13H,4-7H2,1H3. The number of aromatic nitrogens is 1. The van der Waals surface area contributed by atoms with Gasteiger partial charge in [0.15, 0.2) is 11.4 Å². The lowest BCUT2D eigenvalue weighted by molar-refractivity contribution is 0.415. The minimum absolute atomic E-state index is 0.805. The summed E-state index contributed by atoms with van der Waals surface area (Å²) in [6.45, 7) is 3.88. The Labute approximate surface area is 99.3 Å². The van der Waals surface area contributed by atoms with E-state index in [1.54, 1.807) is 7.11 Å². The number of hydrogen-bond acceptors (Lipinski definition) is 5. The van der Waals surface area contributed by atoms with E-state index in [2.05, 4.69) is 15.4 Å². The van der Waals surface area contributed by atoms with Crippen LogP contribution in [0.15, 0.2) is 22.7 Å². The van der Waals surface area contributed by atoms with Gasteiger partial charge in [-0.3, -0.25) is 0 Å². The van der Waals surface area contributed by atoms with Crippen molar-refractivity contribution in [3.63, 3.8) is 0 Å². The quantitative estimate of drug-likeness (QED) is 0.846. The largest absolute Gasteiger partial charge is 0.497 e. The van der Waals surface area contributed by atoms with Gasteiger partial charge in [-0.25, -0.2) is 0 Å². The van der Waals surface area contributed by atoms with Crippen LogP contribution in [0, 0.1) is 0 Å². The van der Waals surface area contributed by atoms with Gasteiger partial charge in [-0.2, -0.15) is 0 Å². The molecule has 1 aromatic heterocycles. The molecule has 3 rings (SSSR count). The van der Waals surface area contributed by atoms with E-state index in [0.717, 1.165) is 48.7 Å². The molecule has 17 heavy (non-hydrogen) atoms. The molecule has 2 aromatic rings. The van der Waals surface area contributed by atoms with Gasteiger partial charge in [-0.05, 0) is 18.2 Å². The zero-order chi connectivity index (χ0) is 11.7. The molecular formula is C12H15N3O2. The molecule has 1 aromatic carbocycles. The Morgan fingerprint density at radius 3 is 2.94 bits per heavy atom. The van der Waals surface area contributed by atoms with E-state index in [0.29, 0.717) is 0 Å². The molecule has 1 aliphatic rings. The summed E-state index contributed by atoms with van der Waals surface area (Å²) < 4.78 is 10.6. The lowest BCUT2D eigenvalue weighted by Gasteiger charge is -2.27. The van der Waals surface area contributed by atoms with Gasteiger partial charge in [0.1, 0.15) is 5.75 Å². The van der Waals surface area contributed by atoms with Crippen LogP contribution in [0.5, 0.6) is 5.75 Å². The Bertz CT molecular complexity index is 517. The number of fused-ring (bicyclic) bond motifs is 1. The molecule has 1 saturated heterocycles. The molecule has 0 unspecified atom stereocenters. The van der Waals surface area contributed by atoms with Crippen molar-refractivity contribution in [1.29, 1.82) is 0 Å². The third kappa shape index (κ3) is 1.82. The van der Waals surface area contributed by atoms with Crippen molar-refractivity contribution in [2.75, 3.05) is 38.2 Å². The van der Waals surface area contributed by atoms with Gasteiger partial charge in [-0.15, -0.1) is 0 Å². The molecule has 90 valence electrons. The van der Waals surface area contributed by atoms with Crippen LogP contribution in [-0.4, -0.2) is 38.4 Å². The number of rotatable bonds is 2. The molecular weight excluding hydrogens is 218 g/mol. The number of methoxy groups -OCH3 is 1. The van der Waals surface area contributed by atoms with Crippen LogP contribution in [0.1, 0.15) is 0 Å². The normalized spacial score (nSPS) is 16.4. The molecule has 0 bridgehead atoms. The summed E-state index contributed by atoms with van der Waals surface area (Å²) in [4.78, 5) is 2.24. The van der Waals surface area contributed by atoms with E-state index in [1.165, 1.54) is 0 Å². The van der Waals surface area contributed by atoms with E-state index < -0.39 is 0 Å². The van der Waals surface area contributed by atoms with E-state index in [4.69, 9.17) is 9.26 Å². The molecule has 0 atom stereocenters. The Morgan fingerprint density at radius 2 is 2.18 bits per heavy atom. The molecule has 0 spiro atoms. The molecule has 5 heteroatoms. The molecule has 2 heterocycles. The van der Waals surface area contributed by atoms with Gasteiger partial charge in [0, 0.05) is 26.2 Å². The SMILES string of the molecule is COc1ccc2onc(N3CCNCC3)c2c1. The third-order valence-corrected chi connectivity index (χ3v) is 3.07. The van der Waals surface area contributed by atoms with Crippen molar-refractivity contribution in [3.05, 3.63) is 18.2 Å². The van der Waals surface area contributed by atoms with Crippen LogP contribution >= 0.6 is 0 Å². The molecule has 0 amide bonds. The summed E-state index contributed by atoms with van der Waals surface area (Å²) >= 11 is 0. The molecule has 1 N–H and O–H groups in total. The highest BCUT2D eigenvalue weighted by molar-refractivity contribution is 5.89. The van der Waals surface area contributed by atoms with E-state index in [9.17, 15) is 0 Å². The number of benzene rings is 1. The van der Waals surface area contributed by atoms with Crippen LogP contribution in [0.3, 0.4) is 0 Å². The fraction of sp³-hybridized carbons (Fsp3) is 0.417. The summed E-state index contributed by atoms with van der Waals surface area (Å²) in [7, 11) is 1.67. The second kappa shape index (κ2) is 4.25.